The van der Waals surface area contributed by atoms with Crippen molar-refractivity contribution in [2.24, 2.45) is 0 Å². The molecule has 2 heterocycles. The number of amides is 1. The van der Waals surface area contributed by atoms with Crippen LogP contribution >= 0.6 is 11.3 Å². The van der Waals surface area contributed by atoms with Gasteiger partial charge in [-0.15, -0.1) is 11.3 Å². The highest BCUT2D eigenvalue weighted by Gasteiger charge is 2.15. The number of hydrogen-bond acceptors (Lipinski definition) is 5. The molecule has 6 heteroatoms. The lowest BCUT2D eigenvalue weighted by Gasteiger charge is -1.99. The number of aromatic nitrogens is 2. The Labute approximate surface area is 132 Å². The molecule has 3 aromatic rings. The van der Waals surface area contributed by atoms with Crippen LogP contribution in [0.25, 0.3) is 11.5 Å². The fraction of sp³-hybridized carbons (Fsp3) is 0.188. The van der Waals surface area contributed by atoms with Crippen LogP contribution < -0.4 is 5.32 Å². The summed E-state index contributed by atoms with van der Waals surface area (Å²) in [7, 11) is 0. The number of carbonyl (C=O) groups is 1. The van der Waals surface area contributed by atoms with Crippen LogP contribution in [0.3, 0.4) is 0 Å². The minimum Gasteiger partial charge on any atom is -0.441 e. The molecule has 0 fully saturated rings. The fourth-order valence-electron chi connectivity index (χ4n) is 2.02. The quantitative estimate of drug-likeness (QED) is 0.799. The average Bonchev–Trinajstić information content (AvgIpc) is 3.07. The van der Waals surface area contributed by atoms with E-state index >= 15 is 0 Å². The van der Waals surface area contributed by atoms with Crippen molar-refractivity contribution in [3.63, 3.8) is 0 Å². The number of oxazole rings is 1. The summed E-state index contributed by atoms with van der Waals surface area (Å²) >= 11 is 1.45. The maximum Gasteiger partial charge on any atom is 0.232 e. The summed E-state index contributed by atoms with van der Waals surface area (Å²) < 4.78 is 5.65. The summed E-state index contributed by atoms with van der Waals surface area (Å²) in [5.41, 5.74) is 1.54. The molecule has 0 saturated heterocycles. The van der Waals surface area contributed by atoms with Gasteiger partial charge in [0.15, 0.2) is 5.13 Å². The van der Waals surface area contributed by atoms with Crippen molar-refractivity contribution < 1.29 is 9.21 Å². The lowest BCUT2D eigenvalue weighted by atomic mass is 10.2. The highest BCUT2D eigenvalue weighted by Crippen LogP contribution is 2.22. The zero-order valence-electron chi connectivity index (χ0n) is 12.3. The van der Waals surface area contributed by atoms with Gasteiger partial charge in [0.1, 0.15) is 5.76 Å². The smallest absolute Gasteiger partial charge is 0.232 e. The maximum absolute atomic E-state index is 12.1. The van der Waals surface area contributed by atoms with Crippen molar-refractivity contribution in [1.29, 1.82) is 0 Å². The molecule has 1 aromatic carbocycles. The van der Waals surface area contributed by atoms with Crippen LogP contribution in [0.5, 0.6) is 0 Å². The van der Waals surface area contributed by atoms with E-state index < -0.39 is 0 Å². The van der Waals surface area contributed by atoms with E-state index in [4.69, 9.17) is 4.42 Å². The maximum atomic E-state index is 12.1. The van der Waals surface area contributed by atoms with Gasteiger partial charge in [0.05, 0.1) is 12.1 Å². The monoisotopic (exact) mass is 313 g/mol. The van der Waals surface area contributed by atoms with Crippen molar-refractivity contribution in [2.75, 3.05) is 5.32 Å². The topological polar surface area (TPSA) is 68.0 Å². The Morgan fingerprint density at radius 2 is 2.05 bits per heavy atom. The van der Waals surface area contributed by atoms with Gasteiger partial charge in [-0.25, -0.2) is 9.97 Å². The first-order chi connectivity index (χ1) is 10.6. The van der Waals surface area contributed by atoms with Crippen molar-refractivity contribution >= 4 is 22.4 Å². The average molecular weight is 313 g/mol. The molecule has 0 bridgehead atoms. The Balaban J connectivity index is 1.73. The van der Waals surface area contributed by atoms with Gasteiger partial charge in [-0.3, -0.25) is 4.79 Å². The van der Waals surface area contributed by atoms with Crippen LogP contribution in [0.1, 0.15) is 16.3 Å². The van der Waals surface area contributed by atoms with E-state index in [1.807, 2.05) is 44.2 Å². The van der Waals surface area contributed by atoms with Crippen LogP contribution in [0.15, 0.2) is 40.9 Å². The van der Waals surface area contributed by atoms with Gasteiger partial charge in [0.25, 0.3) is 0 Å². The summed E-state index contributed by atoms with van der Waals surface area (Å²) in [6.45, 7) is 3.76. The third-order valence-electron chi connectivity index (χ3n) is 3.11. The van der Waals surface area contributed by atoms with Gasteiger partial charge in [0, 0.05) is 16.6 Å². The predicted octanol–water partition coefficient (Wildman–Crippen LogP) is 3.60. The van der Waals surface area contributed by atoms with Crippen LogP contribution in [0.4, 0.5) is 5.13 Å². The second-order valence-electron chi connectivity index (χ2n) is 4.89. The van der Waals surface area contributed by atoms with Crippen molar-refractivity contribution in [2.45, 2.75) is 20.3 Å². The minimum absolute atomic E-state index is 0.148. The number of thiazole rings is 1. The number of carbonyl (C=O) groups excluding carboxylic acids is 1. The summed E-state index contributed by atoms with van der Waals surface area (Å²) in [6, 6.07) is 9.63. The summed E-state index contributed by atoms with van der Waals surface area (Å²) in [5.74, 6) is 1.04. The molecule has 112 valence electrons. The Hall–Kier alpha value is -2.47. The SMILES string of the molecule is Cc1cnc(NC(=O)Cc2nc(-c3ccccc3)oc2C)s1. The molecule has 0 spiro atoms. The van der Waals surface area contributed by atoms with Gasteiger partial charge in [-0.1, -0.05) is 18.2 Å². The van der Waals surface area contributed by atoms with E-state index in [0.29, 0.717) is 22.5 Å². The Morgan fingerprint density at radius 1 is 1.27 bits per heavy atom. The molecule has 0 unspecified atom stereocenters. The van der Waals surface area contributed by atoms with Crippen LogP contribution in [-0.2, 0) is 11.2 Å². The molecule has 1 amide bonds. The number of rotatable bonds is 4. The molecule has 0 aliphatic carbocycles. The van der Waals surface area contributed by atoms with Crippen molar-refractivity contribution in [3.8, 4) is 11.5 Å². The van der Waals surface area contributed by atoms with E-state index in [1.54, 1.807) is 6.20 Å². The van der Waals surface area contributed by atoms with Crippen molar-refractivity contribution in [1.82, 2.24) is 9.97 Å². The Bertz CT molecular complexity index is 793. The van der Waals surface area contributed by atoms with E-state index in [2.05, 4.69) is 15.3 Å². The highest BCUT2D eigenvalue weighted by atomic mass is 32.1. The zero-order chi connectivity index (χ0) is 15.5. The van der Waals surface area contributed by atoms with Gasteiger partial charge in [-0.2, -0.15) is 0 Å². The third kappa shape index (κ3) is 3.23. The summed E-state index contributed by atoms with van der Waals surface area (Å²) in [6.07, 6.45) is 1.90. The molecule has 0 atom stereocenters. The third-order valence-corrected chi connectivity index (χ3v) is 3.94. The second-order valence-corrected chi connectivity index (χ2v) is 6.12. The molecule has 1 N–H and O–H groups in total. The number of nitrogens with one attached hydrogen (secondary N) is 1. The summed E-state index contributed by atoms with van der Waals surface area (Å²) in [4.78, 5) is 21.7. The molecule has 0 aliphatic rings. The highest BCUT2D eigenvalue weighted by molar-refractivity contribution is 7.15. The predicted molar refractivity (Wildman–Crippen MR) is 85.9 cm³/mol. The van der Waals surface area contributed by atoms with E-state index in [0.717, 1.165) is 10.4 Å². The number of anilines is 1. The Kier molecular flexibility index (Phi) is 4.02. The van der Waals surface area contributed by atoms with Gasteiger partial charge >= 0.3 is 0 Å². The molecule has 3 rings (SSSR count). The largest absolute Gasteiger partial charge is 0.441 e. The van der Waals surface area contributed by atoms with E-state index in [1.165, 1.54) is 11.3 Å². The van der Waals surface area contributed by atoms with Crippen LogP contribution in [-0.4, -0.2) is 15.9 Å². The molecule has 0 radical (unpaired) electrons. The fourth-order valence-corrected chi connectivity index (χ4v) is 2.70. The lowest BCUT2D eigenvalue weighted by Crippen LogP contribution is -2.14. The van der Waals surface area contributed by atoms with E-state index in [-0.39, 0.29) is 12.3 Å². The molecule has 0 aliphatic heterocycles. The van der Waals surface area contributed by atoms with Crippen molar-refractivity contribution in [3.05, 3.63) is 52.9 Å². The van der Waals surface area contributed by atoms with Crippen LogP contribution in [0.2, 0.25) is 0 Å². The first-order valence-electron chi connectivity index (χ1n) is 6.86. The normalized spacial score (nSPS) is 10.6. The number of nitrogens with zero attached hydrogens (tertiary/aromatic N) is 2. The molecule has 0 saturated carbocycles. The van der Waals surface area contributed by atoms with E-state index in [9.17, 15) is 4.79 Å². The van der Waals surface area contributed by atoms with Crippen LogP contribution in [0, 0.1) is 13.8 Å². The molecule has 22 heavy (non-hydrogen) atoms. The lowest BCUT2D eigenvalue weighted by molar-refractivity contribution is -0.115. The molecular formula is C16H15N3O2S. The Morgan fingerprint density at radius 3 is 2.73 bits per heavy atom. The first-order valence-corrected chi connectivity index (χ1v) is 7.67. The zero-order valence-corrected chi connectivity index (χ0v) is 13.1. The van der Waals surface area contributed by atoms with Gasteiger partial charge < -0.3 is 9.73 Å². The number of aryl methyl sites for hydroxylation is 2. The molecule has 2 aromatic heterocycles. The standard InChI is InChI=1S/C16H15N3O2S/c1-10-9-17-16(22-10)19-14(20)8-13-11(2)21-15(18-13)12-6-4-3-5-7-12/h3-7,9H,8H2,1-2H3,(H,17,19,20). The van der Waals surface area contributed by atoms with Gasteiger partial charge in [-0.05, 0) is 26.0 Å². The summed E-state index contributed by atoms with van der Waals surface area (Å²) in [5, 5.41) is 3.38. The molecule has 5 nitrogen and oxygen atoms in total. The first kappa shape index (κ1) is 14.5. The van der Waals surface area contributed by atoms with Gasteiger partial charge in [0.2, 0.25) is 11.8 Å². The minimum atomic E-state index is -0.148. The second kappa shape index (κ2) is 6.11. The number of benzene rings is 1. The molecular weight excluding hydrogens is 298 g/mol. The number of hydrogen-bond donors (Lipinski definition) is 1.